The van der Waals surface area contributed by atoms with Gasteiger partial charge in [-0.25, -0.2) is 0 Å². The molecular formula is C16H18INO. The number of nitrogens with zero attached hydrogens (tertiary/aromatic N) is 1. The van der Waals surface area contributed by atoms with Gasteiger partial charge in [0, 0.05) is 16.7 Å². The Morgan fingerprint density at radius 2 is 1.68 bits per heavy atom. The summed E-state index contributed by atoms with van der Waals surface area (Å²) < 4.78 is 1.11. The molecule has 0 aliphatic heterocycles. The van der Waals surface area contributed by atoms with Crippen molar-refractivity contribution >= 4 is 22.6 Å². The summed E-state index contributed by atoms with van der Waals surface area (Å²) in [4.78, 5) is 2.14. The first-order valence-electron chi connectivity index (χ1n) is 6.32. The standard InChI is InChI=1S/C16H18INO/c1-18(11-13-7-3-2-4-8-13)12-16(19)14-9-5-6-10-15(14)17/h2-10,16,19H,11-12H2,1H3. The molecular weight excluding hydrogens is 349 g/mol. The topological polar surface area (TPSA) is 23.5 Å². The lowest BCUT2D eigenvalue weighted by Crippen LogP contribution is -2.24. The van der Waals surface area contributed by atoms with E-state index >= 15 is 0 Å². The lowest BCUT2D eigenvalue weighted by Gasteiger charge is -2.21. The second kappa shape index (κ2) is 7.03. The van der Waals surface area contributed by atoms with E-state index in [1.807, 2.05) is 49.5 Å². The summed E-state index contributed by atoms with van der Waals surface area (Å²) in [5, 5.41) is 10.3. The smallest absolute Gasteiger partial charge is 0.0927 e. The van der Waals surface area contributed by atoms with Crippen molar-refractivity contribution in [1.82, 2.24) is 4.90 Å². The molecule has 100 valence electrons. The van der Waals surface area contributed by atoms with Crippen molar-refractivity contribution < 1.29 is 5.11 Å². The van der Waals surface area contributed by atoms with Gasteiger partial charge < -0.3 is 5.11 Å². The van der Waals surface area contributed by atoms with E-state index in [4.69, 9.17) is 0 Å². The predicted octanol–water partition coefficient (Wildman–Crippen LogP) is 3.46. The van der Waals surface area contributed by atoms with E-state index in [0.717, 1.165) is 15.7 Å². The SMILES string of the molecule is CN(Cc1ccccc1)CC(O)c1ccccc1I. The zero-order valence-electron chi connectivity index (χ0n) is 11.0. The highest BCUT2D eigenvalue weighted by atomic mass is 127. The summed E-state index contributed by atoms with van der Waals surface area (Å²) in [6, 6.07) is 18.3. The summed E-state index contributed by atoms with van der Waals surface area (Å²) in [6.45, 7) is 1.48. The first-order chi connectivity index (χ1) is 9.16. The van der Waals surface area contributed by atoms with Crippen molar-refractivity contribution in [3.05, 3.63) is 69.3 Å². The Bertz CT molecular complexity index is 515. The van der Waals surface area contributed by atoms with Gasteiger partial charge in [0.05, 0.1) is 6.10 Å². The van der Waals surface area contributed by atoms with Gasteiger partial charge in [0.15, 0.2) is 0 Å². The molecule has 2 aromatic rings. The van der Waals surface area contributed by atoms with Crippen LogP contribution in [0.5, 0.6) is 0 Å². The van der Waals surface area contributed by atoms with Gasteiger partial charge in [-0.3, -0.25) is 4.90 Å². The van der Waals surface area contributed by atoms with E-state index in [-0.39, 0.29) is 0 Å². The van der Waals surface area contributed by atoms with E-state index in [1.54, 1.807) is 0 Å². The molecule has 0 radical (unpaired) electrons. The minimum absolute atomic E-state index is 0.443. The predicted molar refractivity (Wildman–Crippen MR) is 86.9 cm³/mol. The third kappa shape index (κ3) is 4.30. The van der Waals surface area contributed by atoms with Gasteiger partial charge in [-0.1, -0.05) is 48.5 Å². The third-order valence-corrected chi connectivity index (χ3v) is 4.03. The van der Waals surface area contributed by atoms with Crippen molar-refractivity contribution in [1.29, 1.82) is 0 Å². The van der Waals surface area contributed by atoms with Gasteiger partial charge in [0.1, 0.15) is 0 Å². The summed E-state index contributed by atoms with van der Waals surface area (Å²) >= 11 is 2.27. The average molecular weight is 367 g/mol. The first kappa shape index (κ1) is 14.5. The molecule has 0 aliphatic carbocycles. The van der Waals surface area contributed by atoms with Gasteiger partial charge in [-0.05, 0) is 46.8 Å². The molecule has 0 aliphatic rings. The van der Waals surface area contributed by atoms with Crippen molar-refractivity contribution in [2.75, 3.05) is 13.6 Å². The molecule has 3 heteroatoms. The normalized spacial score (nSPS) is 12.6. The summed E-state index contributed by atoms with van der Waals surface area (Å²) in [5.41, 5.74) is 2.27. The van der Waals surface area contributed by atoms with Crippen molar-refractivity contribution in [2.45, 2.75) is 12.6 Å². The number of rotatable bonds is 5. The Labute approximate surface area is 128 Å². The molecule has 2 rings (SSSR count). The first-order valence-corrected chi connectivity index (χ1v) is 7.39. The highest BCUT2D eigenvalue weighted by Gasteiger charge is 2.13. The van der Waals surface area contributed by atoms with Crippen LogP contribution in [-0.2, 0) is 6.54 Å². The molecule has 1 N–H and O–H groups in total. The maximum absolute atomic E-state index is 10.3. The fraction of sp³-hybridized carbons (Fsp3) is 0.250. The van der Waals surface area contributed by atoms with Crippen LogP contribution >= 0.6 is 22.6 Å². The van der Waals surface area contributed by atoms with Crippen LogP contribution in [0.1, 0.15) is 17.2 Å². The van der Waals surface area contributed by atoms with Crippen LogP contribution in [0.15, 0.2) is 54.6 Å². The van der Waals surface area contributed by atoms with E-state index in [9.17, 15) is 5.11 Å². The van der Waals surface area contributed by atoms with Crippen LogP contribution in [0.3, 0.4) is 0 Å². The number of hydrogen-bond donors (Lipinski definition) is 1. The van der Waals surface area contributed by atoms with E-state index in [2.05, 4.69) is 39.6 Å². The van der Waals surface area contributed by atoms with Crippen LogP contribution < -0.4 is 0 Å². The zero-order chi connectivity index (χ0) is 13.7. The maximum Gasteiger partial charge on any atom is 0.0927 e. The number of aliphatic hydroxyl groups is 1. The number of aliphatic hydroxyl groups excluding tert-OH is 1. The van der Waals surface area contributed by atoms with Crippen LogP contribution in [0, 0.1) is 3.57 Å². The van der Waals surface area contributed by atoms with Crippen LogP contribution in [-0.4, -0.2) is 23.6 Å². The maximum atomic E-state index is 10.3. The van der Waals surface area contributed by atoms with Gasteiger partial charge in [-0.15, -0.1) is 0 Å². The Morgan fingerprint density at radius 1 is 1.05 bits per heavy atom. The van der Waals surface area contributed by atoms with Crippen LogP contribution in [0.4, 0.5) is 0 Å². The quantitative estimate of drug-likeness (QED) is 0.819. The molecule has 2 aromatic carbocycles. The second-order valence-electron chi connectivity index (χ2n) is 4.72. The van der Waals surface area contributed by atoms with Crippen LogP contribution in [0.2, 0.25) is 0 Å². The van der Waals surface area contributed by atoms with Gasteiger partial charge >= 0.3 is 0 Å². The Morgan fingerprint density at radius 3 is 2.37 bits per heavy atom. The fourth-order valence-corrected chi connectivity index (χ4v) is 2.85. The lowest BCUT2D eigenvalue weighted by molar-refractivity contribution is 0.123. The molecule has 0 saturated heterocycles. The summed E-state index contributed by atoms with van der Waals surface area (Å²) in [6.07, 6.45) is -0.443. The third-order valence-electron chi connectivity index (χ3n) is 3.04. The Hall–Kier alpha value is -0.910. The molecule has 0 saturated carbocycles. The number of benzene rings is 2. The van der Waals surface area contributed by atoms with Crippen molar-refractivity contribution in [3.63, 3.8) is 0 Å². The minimum atomic E-state index is -0.443. The number of halogens is 1. The van der Waals surface area contributed by atoms with E-state index in [0.29, 0.717) is 6.54 Å². The van der Waals surface area contributed by atoms with Crippen LogP contribution in [0.25, 0.3) is 0 Å². The minimum Gasteiger partial charge on any atom is -0.387 e. The molecule has 0 fully saturated rings. The number of likely N-dealkylation sites (N-methyl/N-ethyl adjacent to an activating group) is 1. The summed E-state index contributed by atoms with van der Waals surface area (Å²) in [7, 11) is 2.03. The molecule has 2 nitrogen and oxygen atoms in total. The molecule has 19 heavy (non-hydrogen) atoms. The fourth-order valence-electron chi connectivity index (χ4n) is 2.10. The van der Waals surface area contributed by atoms with Crippen molar-refractivity contribution in [3.8, 4) is 0 Å². The molecule has 0 amide bonds. The molecule has 0 spiro atoms. The molecule has 0 bridgehead atoms. The highest BCUT2D eigenvalue weighted by Crippen LogP contribution is 2.20. The second-order valence-corrected chi connectivity index (χ2v) is 5.88. The van der Waals surface area contributed by atoms with Gasteiger partial charge in [0.25, 0.3) is 0 Å². The molecule has 1 unspecified atom stereocenters. The van der Waals surface area contributed by atoms with E-state index in [1.165, 1.54) is 5.56 Å². The average Bonchev–Trinajstić information content (AvgIpc) is 2.40. The van der Waals surface area contributed by atoms with Crippen molar-refractivity contribution in [2.24, 2.45) is 0 Å². The Balaban J connectivity index is 1.96. The van der Waals surface area contributed by atoms with E-state index < -0.39 is 6.10 Å². The lowest BCUT2D eigenvalue weighted by atomic mass is 10.1. The van der Waals surface area contributed by atoms with Gasteiger partial charge in [0.2, 0.25) is 0 Å². The summed E-state index contributed by atoms with van der Waals surface area (Å²) in [5.74, 6) is 0. The largest absolute Gasteiger partial charge is 0.387 e. The van der Waals surface area contributed by atoms with Gasteiger partial charge in [-0.2, -0.15) is 0 Å². The number of hydrogen-bond acceptors (Lipinski definition) is 2. The monoisotopic (exact) mass is 367 g/mol. The molecule has 0 aromatic heterocycles. The molecule has 0 heterocycles. The zero-order valence-corrected chi connectivity index (χ0v) is 13.1. The Kier molecular flexibility index (Phi) is 5.36. The highest BCUT2D eigenvalue weighted by molar-refractivity contribution is 14.1. The molecule has 1 atom stereocenters.